The number of rotatable bonds is 6. The minimum Gasteiger partial charge on any atom is -0.497 e. The molecule has 0 saturated carbocycles. The number of hydrogen-bond acceptors (Lipinski definition) is 7. The first kappa shape index (κ1) is 30.0. The van der Waals surface area contributed by atoms with E-state index in [1.54, 1.807) is 48.5 Å². The first-order chi connectivity index (χ1) is 21.0. The molecule has 0 spiro atoms. The van der Waals surface area contributed by atoms with Gasteiger partial charge in [-0.1, -0.05) is 52.9 Å². The number of thiazole rings is 1. The normalized spacial score (nSPS) is 19.5. The highest BCUT2D eigenvalue weighted by Crippen LogP contribution is 2.54. The second-order valence-electron chi connectivity index (χ2n) is 10.1. The number of nitrogens with one attached hydrogen (secondary N) is 1. The average Bonchev–Trinajstić information content (AvgIpc) is 3.43. The van der Waals surface area contributed by atoms with E-state index in [0.717, 1.165) is 40.1 Å². The summed E-state index contributed by atoms with van der Waals surface area (Å²) in [5.74, 6) is -2.64. The number of nitrogens with zero attached hydrogens (tertiary/aromatic N) is 2. The molecule has 6 rings (SSSR count). The smallest absolute Gasteiger partial charge is 0.416 e. The quantitative estimate of drug-likeness (QED) is 0.254. The highest BCUT2D eigenvalue weighted by atomic mass is 35.5. The predicted octanol–water partition coefficient (Wildman–Crippen LogP) is 6.03. The van der Waals surface area contributed by atoms with E-state index in [-0.39, 0.29) is 5.69 Å². The molecule has 14 heteroatoms. The van der Waals surface area contributed by atoms with Crippen LogP contribution in [0.3, 0.4) is 0 Å². The van der Waals surface area contributed by atoms with Gasteiger partial charge in [0.25, 0.3) is 0 Å². The zero-order valence-electron chi connectivity index (χ0n) is 22.6. The van der Waals surface area contributed by atoms with Crippen molar-refractivity contribution in [2.45, 2.75) is 28.9 Å². The van der Waals surface area contributed by atoms with Crippen LogP contribution in [0.15, 0.2) is 82.6 Å². The van der Waals surface area contributed by atoms with Gasteiger partial charge < -0.3 is 10.1 Å². The lowest BCUT2D eigenvalue weighted by atomic mass is 9.83. The highest BCUT2D eigenvalue weighted by molar-refractivity contribution is 8.00. The van der Waals surface area contributed by atoms with Crippen LogP contribution in [0.1, 0.15) is 21.9 Å². The number of alkyl halides is 3. The van der Waals surface area contributed by atoms with E-state index in [1.165, 1.54) is 23.8 Å². The Morgan fingerprint density at radius 3 is 2.36 bits per heavy atom. The maximum atomic E-state index is 13.9. The molecule has 1 fully saturated rings. The number of aromatic nitrogens is 1. The standard InChI is InChI=1S/C30H21ClF3N3O5S2/c1-42-20-11-9-19(10-12-20)37-26(39)23-22(15-5-7-17(31)8-6-15)25-28(43-24(23)27(37)40)36(29(41)44-25)14-21(38)35-18-4-2-3-16(13-18)30(32,33)34/h2-13,22-24H,14H2,1H3,(H,35,38). The van der Waals surface area contributed by atoms with E-state index < -0.39 is 58.0 Å². The van der Waals surface area contributed by atoms with Crippen molar-refractivity contribution >= 4 is 63.8 Å². The fourth-order valence-corrected chi connectivity index (χ4v) is 8.29. The molecule has 3 aromatic carbocycles. The fraction of sp³-hybridized carbons (Fsp3) is 0.200. The van der Waals surface area contributed by atoms with Crippen LogP contribution < -0.4 is 19.8 Å². The number of benzene rings is 3. The van der Waals surface area contributed by atoms with E-state index in [0.29, 0.717) is 31.9 Å². The minimum atomic E-state index is -4.60. The van der Waals surface area contributed by atoms with Crippen LogP contribution in [-0.4, -0.2) is 34.6 Å². The van der Waals surface area contributed by atoms with Gasteiger partial charge in [0.2, 0.25) is 17.7 Å². The molecule has 3 unspecified atom stereocenters. The molecule has 0 radical (unpaired) electrons. The number of methoxy groups -OCH3 is 1. The van der Waals surface area contributed by atoms with Crippen molar-refractivity contribution in [2.75, 3.05) is 17.3 Å². The summed E-state index contributed by atoms with van der Waals surface area (Å²) < 4.78 is 45.9. The summed E-state index contributed by atoms with van der Waals surface area (Å²) in [7, 11) is 1.50. The van der Waals surface area contributed by atoms with Crippen molar-refractivity contribution < 1.29 is 32.3 Å². The zero-order valence-corrected chi connectivity index (χ0v) is 25.0. The fourth-order valence-electron chi connectivity index (χ4n) is 5.39. The minimum absolute atomic E-state index is 0.0829. The second-order valence-corrected chi connectivity index (χ2v) is 12.6. The van der Waals surface area contributed by atoms with Gasteiger partial charge in [-0.25, -0.2) is 4.90 Å². The maximum Gasteiger partial charge on any atom is 0.416 e. The Morgan fingerprint density at radius 1 is 1.00 bits per heavy atom. The van der Waals surface area contributed by atoms with Crippen molar-refractivity contribution in [3.05, 3.63) is 103 Å². The highest BCUT2D eigenvalue weighted by Gasteiger charge is 2.56. The van der Waals surface area contributed by atoms with Crippen LogP contribution in [0.25, 0.3) is 0 Å². The molecule has 1 N–H and O–H groups in total. The van der Waals surface area contributed by atoms with Crippen LogP contribution in [0.2, 0.25) is 5.02 Å². The number of carbonyl (C=O) groups is 3. The van der Waals surface area contributed by atoms with Crippen molar-refractivity contribution in [3.63, 3.8) is 0 Å². The van der Waals surface area contributed by atoms with Crippen LogP contribution in [0.4, 0.5) is 24.5 Å². The largest absolute Gasteiger partial charge is 0.497 e. The molecule has 4 aromatic rings. The molecule has 2 aliphatic heterocycles. The van der Waals surface area contributed by atoms with E-state index in [9.17, 15) is 32.3 Å². The summed E-state index contributed by atoms with van der Waals surface area (Å²) in [5, 5.41) is 2.31. The van der Waals surface area contributed by atoms with Gasteiger partial charge in [0.1, 0.15) is 17.5 Å². The zero-order chi connectivity index (χ0) is 31.3. The second kappa shape index (κ2) is 11.5. The van der Waals surface area contributed by atoms with Gasteiger partial charge in [-0.2, -0.15) is 13.2 Å². The molecule has 0 bridgehead atoms. The van der Waals surface area contributed by atoms with Crippen molar-refractivity contribution in [1.29, 1.82) is 0 Å². The van der Waals surface area contributed by atoms with Gasteiger partial charge >= 0.3 is 11.0 Å². The molecule has 8 nitrogen and oxygen atoms in total. The summed E-state index contributed by atoms with van der Waals surface area (Å²) in [6, 6.07) is 17.4. The van der Waals surface area contributed by atoms with Gasteiger partial charge in [0, 0.05) is 21.5 Å². The number of anilines is 2. The summed E-state index contributed by atoms with van der Waals surface area (Å²) in [5.41, 5.74) is 0.0106. The average molecular weight is 660 g/mol. The van der Waals surface area contributed by atoms with Crippen LogP contribution in [0, 0.1) is 5.92 Å². The lowest BCUT2D eigenvalue weighted by Gasteiger charge is -2.30. The SMILES string of the molecule is COc1ccc(N2C(=O)C3Sc4c(sc(=O)n4CC(=O)Nc4cccc(C(F)(F)F)c4)C(c4ccc(Cl)cc4)C3C2=O)cc1. The topological polar surface area (TPSA) is 97.7 Å². The van der Waals surface area contributed by atoms with Crippen molar-refractivity contribution in [3.8, 4) is 5.75 Å². The first-order valence-corrected chi connectivity index (χ1v) is 15.2. The third kappa shape index (κ3) is 5.39. The lowest BCUT2D eigenvalue weighted by molar-refractivity contribution is -0.137. The lowest BCUT2D eigenvalue weighted by Crippen LogP contribution is -2.33. The summed E-state index contributed by atoms with van der Waals surface area (Å²) in [4.78, 5) is 55.1. The third-order valence-corrected chi connectivity index (χ3v) is 10.2. The number of thioether (sulfide) groups is 1. The van der Waals surface area contributed by atoms with Crippen molar-refractivity contribution in [1.82, 2.24) is 4.57 Å². The van der Waals surface area contributed by atoms with Crippen LogP contribution in [-0.2, 0) is 27.1 Å². The summed E-state index contributed by atoms with van der Waals surface area (Å²) in [6.07, 6.45) is -4.60. The Kier molecular flexibility index (Phi) is 7.80. The number of carbonyl (C=O) groups excluding carboxylic acids is 3. The molecule has 0 aliphatic carbocycles. The summed E-state index contributed by atoms with van der Waals surface area (Å²) in [6.45, 7) is -0.511. The Balaban J connectivity index is 1.37. The Hall–Kier alpha value is -4.07. The molecule has 226 valence electrons. The first-order valence-electron chi connectivity index (χ1n) is 13.1. The van der Waals surface area contributed by atoms with Crippen LogP contribution >= 0.6 is 34.7 Å². The number of imide groups is 1. The van der Waals surface area contributed by atoms with Crippen molar-refractivity contribution in [2.24, 2.45) is 5.92 Å². The molecule has 1 saturated heterocycles. The number of halogens is 4. The predicted molar refractivity (Wildman–Crippen MR) is 161 cm³/mol. The van der Waals surface area contributed by atoms with Gasteiger partial charge in [-0.3, -0.25) is 23.7 Å². The van der Waals surface area contributed by atoms with E-state index in [4.69, 9.17) is 16.3 Å². The number of fused-ring (bicyclic) bond motifs is 2. The van der Waals surface area contributed by atoms with Gasteiger partial charge in [-0.05, 0) is 60.2 Å². The Bertz CT molecular complexity index is 1840. The Morgan fingerprint density at radius 2 is 1.70 bits per heavy atom. The Labute approximate surface area is 261 Å². The number of amides is 3. The molecular weight excluding hydrogens is 639 g/mol. The molecule has 44 heavy (non-hydrogen) atoms. The number of hydrogen-bond donors (Lipinski definition) is 1. The molecule has 3 atom stereocenters. The van der Waals surface area contributed by atoms with Crippen LogP contribution in [0.5, 0.6) is 5.75 Å². The van der Waals surface area contributed by atoms with Gasteiger partial charge in [0.15, 0.2) is 0 Å². The maximum absolute atomic E-state index is 13.9. The monoisotopic (exact) mass is 659 g/mol. The van der Waals surface area contributed by atoms with E-state index in [2.05, 4.69) is 5.32 Å². The van der Waals surface area contributed by atoms with E-state index >= 15 is 0 Å². The molecule has 2 aliphatic rings. The third-order valence-electron chi connectivity index (χ3n) is 7.38. The molecule has 3 heterocycles. The summed E-state index contributed by atoms with van der Waals surface area (Å²) >= 11 is 8.02. The van der Waals surface area contributed by atoms with E-state index in [1.807, 2.05) is 0 Å². The molecule has 1 aromatic heterocycles. The molecule has 3 amide bonds. The number of ether oxygens (including phenoxy) is 1. The van der Waals surface area contributed by atoms with Gasteiger partial charge in [-0.15, -0.1) is 0 Å². The van der Waals surface area contributed by atoms with Gasteiger partial charge in [0.05, 0.1) is 29.3 Å². The molecular formula is C30H21ClF3N3O5S2.